The zero-order chi connectivity index (χ0) is 13.3. The Bertz CT molecular complexity index is 485. The van der Waals surface area contributed by atoms with Gasteiger partial charge >= 0.3 is 0 Å². The molecule has 0 bridgehead atoms. The molecule has 2 rings (SSSR count). The van der Waals surface area contributed by atoms with Crippen LogP contribution in [0.5, 0.6) is 0 Å². The van der Waals surface area contributed by atoms with Gasteiger partial charge in [-0.1, -0.05) is 12.1 Å². The third kappa shape index (κ3) is 5.06. The molecule has 100 valence electrons. The lowest BCUT2D eigenvalue weighted by Crippen LogP contribution is -2.18. The monoisotopic (exact) mass is 256 g/mol. The highest BCUT2D eigenvalue weighted by Crippen LogP contribution is 2.03. The molecule has 19 heavy (non-hydrogen) atoms. The van der Waals surface area contributed by atoms with Crippen molar-refractivity contribution in [3.8, 4) is 0 Å². The lowest BCUT2D eigenvalue weighted by atomic mass is 10.3. The van der Waals surface area contributed by atoms with E-state index < -0.39 is 0 Å². The molecule has 2 aromatic rings. The molecule has 2 aromatic heterocycles. The number of hydrogen-bond donors (Lipinski definition) is 2. The molecule has 2 heterocycles. The predicted octanol–water partition coefficient (Wildman–Crippen LogP) is 2.38. The summed E-state index contributed by atoms with van der Waals surface area (Å²) < 4.78 is 0. The van der Waals surface area contributed by atoms with Gasteiger partial charge in [-0.05, 0) is 43.7 Å². The fraction of sp³-hybridized carbons (Fsp3) is 0.333. The van der Waals surface area contributed by atoms with Crippen LogP contribution in [0.25, 0.3) is 0 Å². The first-order valence-electron chi connectivity index (χ1n) is 6.62. The molecule has 0 fully saturated rings. The smallest absolute Gasteiger partial charge is 0.126 e. The number of nitrogens with one attached hydrogen (secondary N) is 2. The SMILES string of the molecule is Cc1cccc(NCCCNCc2cccnc2)n1. The fourth-order valence-electron chi connectivity index (χ4n) is 1.81. The van der Waals surface area contributed by atoms with Crippen molar-refractivity contribution in [1.29, 1.82) is 0 Å². The van der Waals surface area contributed by atoms with Crippen molar-refractivity contribution in [2.24, 2.45) is 0 Å². The number of hydrogen-bond acceptors (Lipinski definition) is 4. The van der Waals surface area contributed by atoms with Crippen LogP contribution in [-0.4, -0.2) is 23.1 Å². The first-order chi connectivity index (χ1) is 9.34. The largest absolute Gasteiger partial charge is 0.370 e. The van der Waals surface area contributed by atoms with Gasteiger partial charge in [-0.25, -0.2) is 4.98 Å². The second-order valence-electron chi connectivity index (χ2n) is 4.48. The van der Waals surface area contributed by atoms with Gasteiger partial charge in [0.05, 0.1) is 0 Å². The number of nitrogens with zero attached hydrogens (tertiary/aromatic N) is 2. The number of anilines is 1. The Morgan fingerprint density at radius 2 is 2.05 bits per heavy atom. The molecule has 0 amide bonds. The summed E-state index contributed by atoms with van der Waals surface area (Å²) in [7, 11) is 0. The number of pyridine rings is 2. The Balaban J connectivity index is 1.58. The Labute approximate surface area is 114 Å². The van der Waals surface area contributed by atoms with Gasteiger partial charge in [-0.2, -0.15) is 0 Å². The van der Waals surface area contributed by atoms with Gasteiger partial charge in [0.15, 0.2) is 0 Å². The molecule has 0 aliphatic carbocycles. The molecule has 2 N–H and O–H groups in total. The van der Waals surface area contributed by atoms with Gasteiger partial charge in [0, 0.05) is 31.2 Å². The van der Waals surface area contributed by atoms with E-state index in [1.54, 1.807) is 6.20 Å². The van der Waals surface area contributed by atoms with Crippen LogP contribution in [-0.2, 0) is 6.54 Å². The van der Waals surface area contributed by atoms with Crippen LogP contribution in [0.1, 0.15) is 17.7 Å². The van der Waals surface area contributed by atoms with Crippen molar-refractivity contribution in [2.75, 3.05) is 18.4 Å². The molecule has 0 atom stereocenters. The quantitative estimate of drug-likeness (QED) is 0.747. The topological polar surface area (TPSA) is 49.8 Å². The minimum Gasteiger partial charge on any atom is -0.370 e. The van der Waals surface area contributed by atoms with Crippen LogP contribution in [0.2, 0.25) is 0 Å². The first kappa shape index (κ1) is 13.5. The molecular weight excluding hydrogens is 236 g/mol. The molecule has 0 spiro atoms. The van der Waals surface area contributed by atoms with E-state index in [9.17, 15) is 0 Å². The normalized spacial score (nSPS) is 10.4. The van der Waals surface area contributed by atoms with E-state index in [1.165, 1.54) is 5.56 Å². The van der Waals surface area contributed by atoms with Crippen LogP contribution < -0.4 is 10.6 Å². The van der Waals surface area contributed by atoms with Crippen molar-refractivity contribution in [2.45, 2.75) is 19.9 Å². The molecule has 0 saturated carbocycles. The maximum Gasteiger partial charge on any atom is 0.126 e. The summed E-state index contributed by atoms with van der Waals surface area (Å²) in [4.78, 5) is 8.49. The molecule has 0 radical (unpaired) electrons. The van der Waals surface area contributed by atoms with E-state index in [0.717, 1.165) is 37.6 Å². The molecule has 0 aliphatic heterocycles. The van der Waals surface area contributed by atoms with Crippen LogP contribution >= 0.6 is 0 Å². The van der Waals surface area contributed by atoms with E-state index in [0.29, 0.717) is 0 Å². The number of rotatable bonds is 7. The summed E-state index contributed by atoms with van der Waals surface area (Å²) >= 11 is 0. The third-order valence-corrected chi connectivity index (χ3v) is 2.78. The van der Waals surface area contributed by atoms with Crippen LogP contribution in [0, 0.1) is 6.92 Å². The molecule has 4 nitrogen and oxygen atoms in total. The highest BCUT2D eigenvalue weighted by molar-refractivity contribution is 5.34. The molecule has 0 aliphatic rings. The van der Waals surface area contributed by atoms with Crippen LogP contribution in [0.4, 0.5) is 5.82 Å². The summed E-state index contributed by atoms with van der Waals surface area (Å²) in [5.74, 6) is 0.951. The molecular formula is C15H20N4. The van der Waals surface area contributed by atoms with Crippen molar-refractivity contribution in [3.05, 3.63) is 54.0 Å². The van der Waals surface area contributed by atoms with Gasteiger partial charge in [0.25, 0.3) is 0 Å². The second-order valence-corrected chi connectivity index (χ2v) is 4.48. The van der Waals surface area contributed by atoms with Gasteiger partial charge in [0.2, 0.25) is 0 Å². The van der Waals surface area contributed by atoms with E-state index in [4.69, 9.17) is 0 Å². The van der Waals surface area contributed by atoms with E-state index >= 15 is 0 Å². The predicted molar refractivity (Wildman–Crippen MR) is 78.0 cm³/mol. The Kier molecular flexibility index (Phi) is 5.31. The van der Waals surface area contributed by atoms with E-state index in [-0.39, 0.29) is 0 Å². The number of aromatic nitrogens is 2. The summed E-state index contributed by atoms with van der Waals surface area (Å²) in [6, 6.07) is 10.1. The molecule has 0 aromatic carbocycles. The zero-order valence-corrected chi connectivity index (χ0v) is 11.3. The minimum atomic E-state index is 0.872. The minimum absolute atomic E-state index is 0.872. The van der Waals surface area contributed by atoms with Crippen LogP contribution in [0.15, 0.2) is 42.7 Å². The van der Waals surface area contributed by atoms with Crippen molar-refractivity contribution < 1.29 is 0 Å². The molecule has 0 unspecified atom stereocenters. The maximum atomic E-state index is 4.40. The highest BCUT2D eigenvalue weighted by Gasteiger charge is 1.94. The van der Waals surface area contributed by atoms with Gasteiger partial charge in [-0.3, -0.25) is 4.98 Å². The Morgan fingerprint density at radius 3 is 2.84 bits per heavy atom. The van der Waals surface area contributed by atoms with Gasteiger partial charge < -0.3 is 10.6 Å². The first-order valence-corrected chi connectivity index (χ1v) is 6.62. The second kappa shape index (κ2) is 7.48. The molecule has 0 saturated heterocycles. The third-order valence-electron chi connectivity index (χ3n) is 2.78. The lowest BCUT2D eigenvalue weighted by Gasteiger charge is -2.07. The summed E-state index contributed by atoms with van der Waals surface area (Å²) in [6.45, 7) is 4.78. The summed E-state index contributed by atoms with van der Waals surface area (Å²) in [5.41, 5.74) is 2.26. The van der Waals surface area contributed by atoms with Crippen molar-refractivity contribution in [3.63, 3.8) is 0 Å². The average molecular weight is 256 g/mol. The van der Waals surface area contributed by atoms with Crippen LogP contribution in [0.3, 0.4) is 0 Å². The highest BCUT2D eigenvalue weighted by atomic mass is 15.0. The number of aryl methyl sites for hydroxylation is 1. The lowest BCUT2D eigenvalue weighted by molar-refractivity contribution is 0.661. The van der Waals surface area contributed by atoms with Crippen molar-refractivity contribution >= 4 is 5.82 Å². The van der Waals surface area contributed by atoms with Crippen molar-refractivity contribution in [1.82, 2.24) is 15.3 Å². The standard InChI is InChI=1S/C15H20N4/c1-13-5-2-7-15(19-13)18-10-4-9-17-12-14-6-3-8-16-11-14/h2-3,5-8,11,17H,4,9-10,12H2,1H3,(H,18,19). The summed E-state index contributed by atoms with van der Waals surface area (Å²) in [5, 5.41) is 6.72. The zero-order valence-electron chi connectivity index (χ0n) is 11.3. The van der Waals surface area contributed by atoms with E-state index in [1.807, 2.05) is 37.4 Å². The van der Waals surface area contributed by atoms with E-state index in [2.05, 4.69) is 26.7 Å². The molecule has 4 heteroatoms. The average Bonchev–Trinajstić information content (AvgIpc) is 2.44. The summed E-state index contributed by atoms with van der Waals surface area (Å²) in [6.07, 6.45) is 4.75. The van der Waals surface area contributed by atoms with Gasteiger partial charge in [0.1, 0.15) is 5.82 Å². The maximum absolute atomic E-state index is 4.40. The van der Waals surface area contributed by atoms with Gasteiger partial charge in [-0.15, -0.1) is 0 Å². The fourth-order valence-corrected chi connectivity index (χ4v) is 1.81. The Hall–Kier alpha value is -1.94. The Morgan fingerprint density at radius 1 is 1.11 bits per heavy atom.